The van der Waals surface area contributed by atoms with E-state index in [9.17, 15) is 9.90 Å². The van der Waals surface area contributed by atoms with Gasteiger partial charge in [-0.15, -0.1) is 10.2 Å². The van der Waals surface area contributed by atoms with Gasteiger partial charge in [-0.2, -0.15) is 5.10 Å². The smallest absolute Gasteiger partial charge is 0.313 e. The third-order valence-electron chi connectivity index (χ3n) is 4.56. The van der Waals surface area contributed by atoms with Crippen LogP contribution < -0.4 is 0 Å². The first-order valence-electron chi connectivity index (χ1n) is 8.94. The number of aromatic nitrogens is 3. The van der Waals surface area contributed by atoms with Crippen molar-refractivity contribution < 1.29 is 9.90 Å². The maximum atomic E-state index is 12.4. The summed E-state index contributed by atoms with van der Waals surface area (Å²) in [6.45, 7) is 4.17. The second-order valence-electron chi connectivity index (χ2n) is 6.82. The van der Waals surface area contributed by atoms with Gasteiger partial charge < -0.3 is 10.1 Å². The molecule has 0 aliphatic carbocycles. The molecule has 7 nitrogen and oxygen atoms in total. The third-order valence-corrected chi connectivity index (χ3v) is 4.56. The molecule has 4 rings (SSSR count). The summed E-state index contributed by atoms with van der Waals surface area (Å²) in [6, 6.07) is 17.0. The van der Waals surface area contributed by atoms with Crippen LogP contribution in [0, 0.1) is 0 Å². The summed E-state index contributed by atoms with van der Waals surface area (Å²) in [5.74, 6) is -0.361. The number of benzene rings is 2. The fraction of sp³-hybridized carbons (Fsp3) is 0.143. The molecular weight excluding hydrogens is 354 g/mol. The van der Waals surface area contributed by atoms with Crippen molar-refractivity contribution in [3.63, 3.8) is 0 Å². The van der Waals surface area contributed by atoms with E-state index >= 15 is 0 Å². The average Bonchev–Trinajstić information content (AvgIpc) is 3.31. The quantitative estimate of drug-likeness (QED) is 0.422. The van der Waals surface area contributed by atoms with E-state index in [4.69, 9.17) is 0 Å². The lowest BCUT2D eigenvalue weighted by molar-refractivity contribution is 0.0990. The van der Waals surface area contributed by atoms with Crippen LogP contribution in [0.15, 0.2) is 64.8 Å². The molecule has 0 aliphatic heterocycles. The minimum Gasteiger partial charge on any atom is -0.493 e. The predicted octanol–water partition coefficient (Wildman–Crippen LogP) is 5.31. The van der Waals surface area contributed by atoms with Crippen molar-refractivity contribution in [3.8, 4) is 17.1 Å². The summed E-state index contributed by atoms with van der Waals surface area (Å²) >= 11 is 0. The molecule has 3 N–H and O–H groups in total. The maximum Gasteiger partial charge on any atom is 0.313 e. The number of hydrogen-bond donors (Lipinski definition) is 3. The first kappa shape index (κ1) is 17.7. The van der Waals surface area contributed by atoms with Gasteiger partial charge in [-0.25, -0.2) is 0 Å². The van der Waals surface area contributed by atoms with Crippen LogP contribution in [0.4, 0.5) is 5.69 Å². The van der Waals surface area contributed by atoms with Gasteiger partial charge in [0.15, 0.2) is 5.69 Å². The molecule has 0 spiro atoms. The van der Waals surface area contributed by atoms with E-state index in [-0.39, 0.29) is 17.3 Å². The Kier molecular flexibility index (Phi) is 4.49. The van der Waals surface area contributed by atoms with E-state index in [2.05, 4.69) is 39.3 Å². The molecule has 1 amide bonds. The fourth-order valence-electron chi connectivity index (χ4n) is 2.98. The van der Waals surface area contributed by atoms with E-state index in [0.29, 0.717) is 11.6 Å². The van der Waals surface area contributed by atoms with Crippen LogP contribution in [0.25, 0.3) is 22.2 Å². The van der Waals surface area contributed by atoms with Gasteiger partial charge in [-0.05, 0) is 29.7 Å². The summed E-state index contributed by atoms with van der Waals surface area (Å²) in [5.41, 5.74) is 3.85. The van der Waals surface area contributed by atoms with Gasteiger partial charge in [-0.3, -0.25) is 9.89 Å². The monoisotopic (exact) mass is 373 g/mol. The van der Waals surface area contributed by atoms with E-state index < -0.39 is 5.91 Å². The lowest BCUT2D eigenvalue weighted by Gasteiger charge is -2.04. The van der Waals surface area contributed by atoms with Gasteiger partial charge in [0, 0.05) is 10.9 Å². The van der Waals surface area contributed by atoms with Crippen LogP contribution in [-0.2, 0) is 0 Å². The normalized spacial score (nSPS) is 11.7. The van der Waals surface area contributed by atoms with E-state index in [1.54, 1.807) is 6.07 Å². The number of H-pyrrole nitrogens is 2. The molecular formula is C21H19N5O2. The van der Waals surface area contributed by atoms with E-state index in [1.165, 1.54) is 0 Å². The number of carbonyl (C=O) groups excluding carboxylic acids is 1. The standard InChI is InChI=1S/C21H19N5O2/c1-12(2)14-8-9-16-15(10-14)19(21(28)22-16)25-26-20(27)18-11-17(23-24-18)13-6-4-3-5-7-13/h3-12,22,28H,1-2H3,(H,23,24). The Balaban J connectivity index is 1.62. The van der Waals surface area contributed by atoms with Gasteiger partial charge in [0.25, 0.3) is 0 Å². The number of nitrogens with one attached hydrogen (secondary N) is 2. The minimum absolute atomic E-state index is 0.123. The van der Waals surface area contributed by atoms with Gasteiger partial charge >= 0.3 is 5.91 Å². The molecule has 4 aromatic rings. The molecule has 0 bridgehead atoms. The zero-order chi connectivity index (χ0) is 19.7. The molecule has 2 aromatic heterocycles. The van der Waals surface area contributed by atoms with Gasteiger partial charge in [0.2, 0.25) is 5.88 Å². The van der Waals surface area contributed by atoms with Crippen LogP contribution >= 0.6 is 0 Å². The predicted molar refractivity (Wildman–Crippen MR) is 107 cm³/mol. The molecule has 28 heavy (non-hydrogen) atoms. The number of aromatic hydroxyl groups is 1. The number of hydrogen-bond acceptors (Lipinski definition) is 4. The molecule has 0 aliphatic rings. The summed E-state index contributed by atoms with van der Waals surface area (Å²) in [7, 11) is 0. The van der Waals surface area contributed by atoms with E-state index in [0.717, 1.165) is 22.0 Å². The molecule has 7 heteroatoms. The maximum absolute atomic E-state index is 12.4. The van der Waals surface area contributed by atoms with Crippen molar-refractivity contribution >= 4 is 22.5 Å². The zero-order valence-electron chi connectivity index (χ0n) is 15.5. The van der Waals surface area contributed by atoms with Crippen molar-refractivity contribution in [2.75, 3.05) is 0 Å². The summed E-state index contributed by atoms with van der Waals surface area (Å²) in [6.07, 6.45) is 0. The van der Waals surface area contributed by atoms with Crippen molar-refractivity contribution in [2.45, 2.75) is 19.8 Å². The van der Waals surface area contributed by atoms with Crippen molar-refractivity contribution in [1.29, 1.82) is 0 Å². The summed E-state index contributed by atoms with van der Waals surface area (Å²) in [5, 5.41) is 25.5. The SMILES string of the molecule is CC(C)c1ccc2[nH]c(O)c(N=NC(=O)c3cc(-c4ccccc4)n[nH]3)c2c1. The zero-order valence-corrected chi connectivity index (χ0v) is 15.5. The Labute approximate surface area is 161 Å². The molecule has 140 valence electrons. The molecule has 2 aromatic carbocycles. The van der Waals surface area contributed by atoms with Gasteiger partial charge in [0.05, 0.1) is 11.2 Å². The second-order valence-corrected chi connectivity index (χ2v) is 6.82. The first-order valence-corrected chi connectivity index (χ1v) is 8.94. The Morgan fingerprint density at radius 2 is 1.89 bits per heavy atom. The topological polar surface area (TPSA) is 106 Å². The molecule has 0 atom stereocenters. The van der Waals surface area contributed by atoms with Crippen LogP contribution in [0.5, 0.6) is 5.88 Å². The van der Waals surface area contributed by atoms with Crippen LogP contribution in [0.2, 0.25) is 0 Å². The number of azo groups is 1. The highest BCUT2D eigenvalue weighted by Crippen LogP contribution is 2.37. The number of aromatic amines is 2. The van der Waals surface area contributed by atoms with Crippen molar-refractivity contribution in [3.05, 3.63) is 65.9 Å². The Bertz CT molecular complexity index is 1170. The highest BCUT2D eigenvalue weighted by molar-refractivity contribution is 5.96. The molecule has 2 heterocycles. The Hall–Kier alpha value is -3.74. The molecule has 0 fully saturated rings. The highest BCUT2D eigenvalue weighted by Gasteiger charge is 2.14. The molecule has 0 unspecified atom stereocenters. The van der Waals surface area contributed by atoms with Crippen LogP contribution in [0.1, 0.15) is 35.8 Å². The number of carbonyl (C=O) groups is 1. The van der Waals surface area contributed by atoms with Crippen LogP contribution in [0.3, 0.4) is 0 Å². The average molecular weight is 373 g/mol. The minimum atomic E-state index is -0.566. The number of rotatable bonds is 4. The second kappa shape index (κ2) is 7.11. The third kappa shape index (κ3) is 3.29. The van der Waals surface area contributed by atoms with Gasteiger partial charge in [-0.1, -0.05) is 50.2 Å². The molecule has 0 saturated heterocycles. The lowest BCUT2D eigenvalue weighted by atomic mass is 10.0. The summed E-state index contributed by atoms with van der Waals surface area (Å²) in [4.78, 5) is 15.2. The van der Waals surface area contributed by atoms with Crippen LogP contribution in [-0.4, -0.2) is 26.2 Å². The number of nitrogens with zero attached hydrogens (tertiary/aromatic N) is 3. The van der Waals surface area contributed by atoms with E-state index in [1.807, 2.05) is 48.5 Å². The van der Waals surface area contributed by atoms with Gasteiger partial charge in [0.1, 0.15) is 5.69 Å². The largest absolute Gasteiger partial charge is 0.493 e. The summed E-state index contributed by atoms with van der Waals surface area (Å²) < 4.78 is 0. The number of fused-ring (bicyclic) bond motifs is 1. The molecule has 0 radical (unpaired) electrons. The first-order chi connectivity index (χ1) is 13.5. The fourth-order valence-corrected chi connectivity index (χ4v) is 2.98. The molecule has 0 saturated carbocycles. The number of amides is 1. The van der Waals surface area contributed by atoms with Crippen molar-refractivity contribution in [2.24, 2.45) is 10.2 Å². The Morgan fingerprint density at radius 3 is 2.64 bits per heavy atom. The highest BCUT2D eigenvalue weighted by atomic mass is 16.3. The lowest BCUT2D eigenvalue weighted by Crippen LogP contribution is -1.93. The van der Waals surface area contributed by atoms with Crippen molar-refractivity contribution in [1.82, 2.24) is 15.2 Å². The Morgan fingerprint density at radius 1 is 1.11 bits per heavy atom.